The van der Waals surface area contributed by atoms with Crippen molar-refractivity contribution in [2.75, 3.05) is 6.61 Å². The van der Waals surface area contributed by atoms with Crippen LogP contribution in [0.5, 0.6) is 0 Å². The van der Waals surface area contributed by atoms with E-state index in [4.69, 9.17) is 5.11 Å². The van der Waals surface area contributed by atoms with E-state index in [0.29, 0.717) is 12.8 Å². The number of hydrogen-bond donors (Lipinski definition) is 1. The molecule has 1 aromatic carbocycles. The van der Waals surface area contributed by atoms with E-state index in [1.54, 1.807) is 6.92 Å². The standard InChI is InChI=1S/C13H14O2/c1-11(15)9-13-7-4-6-12(10-13)5-2-3-8-14/h4,6-7,10,14H,3,8-9H2,1H3. The van der Waals surface area contributed by atoms with Crippen molar-refractivity contribution >= 4 is 5.78 Å². The molecule has 0 spiro atoms. The van der Waals surface area contributed by atoms with Gasteiger partial charge in [-0.15, -0.1) is 0 Å². The average molecular weight is 202 g/mol. The molecular formula is C13H14O2. The highest BCUT2D eigenvalue weighted by Gasteiger charge is 1.97. The van der Waals surface area contributed by atoms with Gasteiger partial charge in [0, 0.05) is 18.4 Å². The minimum Gasteiger partial charge on any atom is -0.395 e. The maximum absolute atomic E-state index is 10.9. The van der Waals surface area contributed by atoms with Gasteiger partial charge >= 0.3 is 0 Å². The van der Waals surface area contributed by atoms with Gasteiger partial charge in [0.1, 0.15) is 5.78 Å². The van der Waals surface area contributed by atoms with Crippen molar-refractivity contribution in [2.45, 2.75) is 19.8 Å². The zero-order valence-electron chi connectivity index (χ0n) is 8.79. The third kappa shape index (κ3) is 4.44. The maximum atomic E-state index is 10.9. The molecule has 1 rings (SSSR count). The molecule has 0 saturated heterocycles. The highest BCUT2D eigenvalue weighted by Crippen LogP contribution is 2.05. The summed E-state index contributed by atoms with van der Waals surface area (Å²) in [5, 5.41) is 8.57. The molecule has 0 bridgehead atoms. The first kappa shape index (κ1) is 11.5. The Morgan fingerprint density at radius 1 is 1.47 bits per heavy atom. The summed E-state index contributed by atoms with van der Waals surface area (Å²) >= 11 is 0. The number of aliphatic hydroxyl groups is 1. The van der Waals surface area contributed by atoms with Gasteiger partial charge in [-0.25, -0.2) is 0 Å². The molecule has 0 amide bonds. The van der Waals surface area contributed by atoms with Gasteiger partial charge in [-0.1, -0.05) is 24.0 Å². The van der Waals surface area contributed by atoms with Crippen LogP contribution in [-0.2, 0) is 11.2 Å². The Labute approximate surface area is 89.9 Å². The molecule has 2 heteroatoms. The van der Waals surface area contributed by atoms with E-state index in [1.165, 1.54) is 0 Å². The molecule has 0 fully saturated rings. The van der Waals surface area contributed by atoms with Gasteiger partial charge in [-0.3, -0.25) is 4.79 Å². The minimum atomic E-state index is 0.0835. The van der Waals surface area contributed by atoms with Gasteiger partial charge in [0.05, 0.1) is 6.61 Å². The van der Waals surface area contributed by atoms with Crippen molar-refractivity contribution < 1.29 is 9.90 Å². The smallest absolute Gasteiger partial charge is 0.134 e. The normalized spacial score (nSPS) is 9.20. The first-order valence-electron chi connectivity index (χ1n) is 4.90. The van der Waals surface area contributed by atoms with Crippen molar-refractivity contribution in [2.24, 2.45) is 0 Å². The zero-order chi connectivity index (χ0) is 11.1. The van der Waals surface area contributed by atoms with Crippen LogP contribution in [0.15, 0.2) is 24.3 Å². The summed E-state index contributed by atoms with van der Waals surface area (Å²) in [6.45, 7) is 1.66. The number of benzene rings is 1. The van der Waals surface area contributed by atoms with E-state index in [0.717, 1.165) is 11.1 Å². The summed E-state index contributed by atoms with van der Waals surface area (Å²) in [7, 11) is 0. The third-order valence-corrected chi connectivity index (χ3v) is 1.85. The summed E-state index contributed by atoms with van der Waals surface area (Å²) in [6, 6.07) is 7.61. The topological polar surface area (TPSA) is 37.3 Å². The second-order valence-electron chi connectivity index (χ2n) is 3.35. The van der Waals surface area contributed by atoms with Crippen molar-refractivity contribution in [1.82, 2.24) is 0 Å². The fraction of sp³-hybridized carbons (Fsp3) is 0.308. The predicted octanol–water partition coefficient (Wildman–Crippen LogP) is 1.55. The second-order valence-corrected chi connectivity index (χ2v) is 3.35. The summed E-state index contributed by atoms with van der Waals surface area (Å²) in [6.07, 6.45) is 0.937. The van der Waals surface area contributed by atoms with Gasteiger partial charge in [-0.2, -0.15) is 0 Å². The average Bonchev–Trinajstić information content (AvgIpc) is 2.18. The number of rotatable bonds is 3. The molecule has 0 aliphatic carbocycles. The molecule has 0 atom stereocenters. The van der Waals surface area contributed by atoms with E-state index in [-0.39, 0.29) is 12.4 Å². The largest absolute Gasteiger partial charge is 0.395 e. The Kier molecular flexibility index (Phi) is 4.59. The lowest BCUT2D eigenvalue weighted by molar-refractivity contribution is -0.116. The molecule has 78 valence electrons. The predicted molar refractivity (Wildman–Crippen MR) is 59.4 cm³/mol. The van der Waals surface area contributed by atoms with E-state index in [9.17, 15) is 4.79 Å². The third-order valence-electron chi connectivity index (χ3n) is 1.85. The van der Waals surface area contributed by atoms with E-state index >= 15 is 0 Å². The van der Waals surface area contributed by atoms with Gasteiger partial charge in [0.2, 0.25) is 0 Å². The molecule has 2 nitrogen and oxygen atoms in total. The van der Waals surface area contributed by atoms with Crippen LogP contribution < -0.4 is 0 Å². The Balaban J connectivity index is 2.75. The maximum Gasteiger partial charge on any atom is 0.134 e. The summed E-state index contributed by atoms with van der Waals surface area (Å²) in [5.74, 6) is 5.93. The lowest BCUT2D eigenvalue weighted by Gasteiger charge is -1.97. The highest BCUT2D eigenvalue weighted by atomic mass is 16.2. The summed E-state index contributed by atoms with van der Waals surface area (Å²) < 4.78 is 0. The SMILES string of the molecule is CC(=O)Cc1cccc(C#CCCO)c1. The molecule has 15 heavy (non-hydrogen) atoms. The van der Waals surface area contributed by atoms with Crippen molar-refractivity contribution in [3.63, 3.8) is 0 Å². The number of ketones is 1. The molecule has 0 radical (unpaired) electrons. The zero-order valence-corrected chi connectivity index (χ0v) is 8.79. The van der Waals surface area contributed by atoms with Crippen molar-refractivity contribution in [1.29, 1.82) is 0 Å². The Hall–Kier alpha value is -1.59. The van der Waals surface area contributed by atoms with Gasteiger partial charge in [0.25, 0.3) is 0 Å². The quantitative estimate of drug-likeness (QED) is 0.755. The van der Waals surface area contributed by atoms with Gasteiger partial charge in [0.15, 0.2) is 0 Å². The molecule has 0 heterocycles. The molecular weight excluding hydrogens is 188 g/mol. The summed E-state index contributed by atoms with van der Waals surface area (Å²) in [5.41, 5.74) is 1.88. The first-order valence-corrected chi connectivity index (χ1v) is 4.90. The highest BCUT2D eigenvalue weighted by molar-refractivity contribution is 5.78. The molecule has 1 aromatic rings. The monoisotopic (exact) mass is 202 g/mol. The first-order chi connectivity index (χ1) is 7.22. The lowest BCUT2D eigenvalue weighted by atomic mass is 10.1. The summed E-state index contributed by atoms with van der Waals surface area (Å²) in [4.78, 5) is 10.9. The molecule has 1 N–H and O–H groups in total. The van der Waals surface area contributed by atoms with Crippen LogP contribution in [-0.4, -0.2) is 17.5 Å². The van der Waals surface area contributed by atoms with Crippen molar-refractivity contribution in [3.8, 4) is 11.8 Å². The fourth-order valence-corrected chi connectivity index (χ4v) is 1.27. The molecule has 0 aromatic heterocycles. The molecule has 0 aliphatic rings. The van der Waals surface area contributed by atoms with E-state index < -0.39 is 0 Å². The van der Waals surface area contributed by atoms with E-state index in [2.05, 4.69) is 11.8 Å². The lowest BCUT2D eigenvalue weighted by Crippen LogP contribution is -1.96. The number of hydrogen-bond acceptors (Lipinski definition) is 2. The Morgan fingerprint density at radius 3 is 2.93 bits per heavy atom. The molecule has 0 unspecified atom stereocenters. The Morgan fingerprint density at radius 2 is 2.27 bits per heavy atom. The number of Topliss-reactive ketones (excluding diaryl/α,β-unsaturated/α-hetero) is 1. The van der Waals surface area contributed by atoms with Crippen LogP contribution in [0.2, 0.25) is 0 Å². The molecule has 0 saturated carbocycles. The van der Waals surface area contributed by atoms with Gasteiger partial charge in [-0.05, 0) is 24.6 Å². The number of carbonyl (C=O) groups is 1. The second kappa shape index (κ2) is 6.00. The number of carbonyl (C=O) groups excluding carboxylic acids is 1. The Bertz CT molecular complexity index is 396. The van der Waals surface area contributed by atoms with Gasteiger partial charge < -0.3 is 5.11 Å². The fourth-order valence-electron chi connectivity index (χ4n) is 1.27. The van der Waals surface area contributed by atoms with Crippen LogP contribution in [0, 0.1) is 11.8 Å². The van der Waals surface area contributed by atoms with Crippen LogP contribution in [0.3, 0.4) is 0 Å². The number of aliphatic hydroxyl groups excluding tert-OH is 1. The minimum absolute atomic E-state index is 0.0835. The van der Waals surface area contributed by atoms with Crippen LogP contribution >= 0.6 is 0 Å². The molecule has 0 aliphatic heterocycles. The van der Waals surface area contributed by atoms with Crippen LogP contribution in [0.1, 0.15) is 24.5 Å². The van der Waals surface area contributed by atoms with E-state index in [1.807, 2.05) is 24.3 Å². The van der Waals surface area contributed by atoms with Crippen LogP contribution in [0.25, 0.3) is 0 Å². The van der Waals surface area contributed by atoms with Crippen molar-refractivity contribution in [3.05, 3.63) is 35.4 Å². The van der Waals surface area contributed by atoms with Crippen LogP contribution in [0.4, 0.5) is 0 Å².